The first-order chi connectivity index (χ1) is 16.0. The summed E-state index contributed by atoms with van der Waals surface area (Å²) in [6.45, 7) is 6.84. The molecule has 176 valence electrons. The van der Waals surface area contributed by atoms with Crippen LogP contribution in [0.1, 0.15) is 42.3 Å². The molecule has 0 bridgehead atoms. The second-order valence-electron chi connectivity index (χ2n) is 8.60. The third-order valence-corrected chi connectivity index (χ3v) is 5.30. The molecular formula is C23H24BrN6O4+. The number of ether oxygens (including phenoxy) is 1. The predicted molar refractivity (Wildman–Crippen MR) is 129 cm³/mol. The van der Waals surface area contributed by atoms with Crippen molar-refractivity contribution in [3.05, 3.63) is 68.0 Å². The van der Waals surface area contributed by atoms with E-state index in [-0.39, 0.29) is 28.8 Å². The summed E-state index contributed by atoms with van der Waals surface area (Å²) in [6.07, 6.45) is 1.38. The van der Waals surface area contributed by atoms with Crippen molar-refractivity contribution in [3.63, 3.8) is 0 Å². The molecule has 3 rings (SSSR count). The third kappa shape index (κ3) is 5.81. The van der Waals surface area contributed by atoms with Crippen molar-refractivity contribution in [3.8, 4) is 0 Å². The average molecular weight is 528 g/mol. The highest BCUT2D eigenvalue weighted by Gasteiger charge is 2.24. The van der Waals surface area contributed by atoms with Gasteiger partial charge >= 0.3 is 5.97 Å². The lowest BCUT2D eigenvalue weighted by molar-refractivity contribution is -0.155. The lowest BCUT2D eigenvalue weighted by Crippen LogP contribution is -2.36. The molecule has 2 heterocycles. The fourth-order valence-electron chi connectivity index (χ4n) is 3.23. The Morgan fingerprint density at radius 2 is 1.94 bits per heavy atom. The van der Waals surface area contributed by atoms with E-state index in [0.29, 0.717) is 4.47 Å². The SMILES string of the molecule is Cc1ccc(CNC(=O)c2cc3c(N=[N+]=N)c(Br)cnc3n(CC(=O)OC(C)(C)C)c2=O)cc1. The van der Waals surface area contributed by atoms with Crippen LogP contribution in [-0.2, 0) is 22.6 Å². The first kappa shape index (κ1) is 24.9. The fraction of sp³-hybridized carbons (Fsp3) is 0.304. The zero-order valence-corrected chi connectivity index (χ0v) is 20.8. The van der Waals surface area contributed by atoms with E-state index in [2.05, 4.69) is 36.3 Å². The molecular weight excluding hydrogens is 504 g/mol. The number of fused-ring (bicyclic) bond motifs is 1. The first-order valence-electron chi connectivity index (χ1n) is 10.4. The number of nitrogens with zero attached hydrogens (tertiary/aromatic N) is 4. The minimum Gasteiger partial charge on any atom is -0.459 e. The Morgan fingerprint density at radius 3 is 2.56 bits per heavy atom. The van der Waals surface area contributed by atoms with Gasteiger partial charge in [0.1, 0.15) is 28.9 Å². The molecule has 0 aliphatic carbocycles. The monoisotopic (exact) mass is 527 g/mol. The largest absolute Gasteiger partial charge is 0.459 e. The van der Waals surface area contributed by atoms with Crippen LogP contribution in [0.15, 0.2) is 50.9 Å². The smallest absolute Gasteiger partial charge is 0.326 e. The van der Waals surface area contributed by atoms with Crippen molar-refractivity contribution in [1.29, 1.82) is 5.53 Å². The van der Waals surface area contributed by atoms with Gasteiger partial charge in [0.05, 0.1) is 9.86 Å². The van der Waals surface area contributed by atoms with E-state index in [4.69, 9.17) is 10.3 Å². The fourth-order valence-corrected chi connectivity index (χ4v) is 3.62. The number of aromatic nitrogens is 2. The number of nitrogens with one attached hydrogen (secondary N) is 2. The van der Waals surface area contributed by atoms with Gasteiger partial charge in [-0.1, -0.05) is 29.8 Å². The number of esters is 1. The Morgan fingerprint density at radius 1 is 1.26 bits per heavy atom. The summed E-state index contributed by atoms with van der Waals surface area (Å²) in [4.78, 5) is 46.1. The summed E-state index contributed by atoms with van der Waals surface area (Å²) in [5, 5.41) is 6.79. The van der Waals surface area contributed by atoms with Gasteiger partial charge in [0.2, 0.25) is 4.91 Å². The number of carbonyl (C=O) groups excluding carboxylic acids is 2. The Kier molecular flexibility index (Phi) is 7.38. The molecule has 2 N–H and O–H groups in total. The van der Waals surface area contributed by atoms with Crippen LogP contribution in [0.25, 0.3) is 11.0 Å². The Bertz CT molecular complexity index is 1370. The van der Waals surface area contributed by atoms with Crippen LogP contribution in [0.5, 0.6) is 0 Å². The van der Waals surface area contributed by atoms with Gasteiger partial charge in [-0.2, -0.15) is 0 Å². The molecule has 0 fully saturated rings. The third-order valence-electron chi connectivity index (χ3n) is 4.72. The average Bonchev–Trinajstić information content (AvgIpc) is 2.75. The molecule has 11 heteroatoms. The Hall–Kier alpha value is -3.69. The number of amides is 1. The van der Waals surface area contributed by atoms with Gasteiger partial charge in [-0.05, 0) is 55.3 Å². The summed E-state index contributed by atoms with van der Waals surface area (Å²) >= 11 is 3.30. The van der Waals surface area contributed by atoms with Crippen LogP contribution < -0.4 is 15.8 Å². The van der Waals surface area contributed by atoms with Crippen molar-refractivity contribution in [2.45, 2.75) is 46.4 Å². The molecule has 0 aliphatic rings. The van der Waals surface area contributed by atoms with Gasteiger partial charge in [-0.3, -0.25) is 19.0 Å². The maximum absolute atomic E-state index is 13.3. The highest BCUT2D eigenvalue weighted by Crippen LogP contribution is 2.32. The molecule has 0 atom stereocenters. The standard InChI is InChI=1S/C23H23BrN6O4/c1-13-5-7-14(8-6-13)10-27-21(32)16-9-15-19(28-29-25)17(24)11-26-20(15)30(22(16)33)12-18(31)34-23(2,3)4/h5-9,11,25H,10,12H2,1-4H3/p+1. The predicted octanol–water partition coefficient (Wildman–Crippen LogP) is 3.92. The minimum absolute atomic E-state index is 0.108. The van der Waals surface area contributed by atoms with E-state index >= 15 is 0 Å². The molecule has 0 saturated carbocycles. The van der Waals surface area contributed by atoms with Gasteiger partial charge in [0, 0.05) is 12.7 Å². The molecule has 0 aliphatic heterocycles. The number of benzene rings is 1. The van der Waals surface area contributed by atoms with Crippen molar-refractivity contribution in [2.24, 2.45) is 5.11 Å². The zero-order valence-electron chi connectivity index (χ0n) is 19.2. The van der Waals surface area contributed by atoms with Gasteiger partial charge in [0.15, 0.2) is 10.8 Å². The number of carbonyl (C=O) groups is 2. The number of hydrogen-bond donors (Lipinski definition) is 2. The molecule has 3 aromatic rings. The van der Waals surface area contributed by atoms with Crippen molar-refractivity contribution in [1.82, 2.24) is 19.8 Å². The summed E-state index contributed by atoms with van der Waals surface area (Å²) in [7, 11) is 0. The van der Waals surface area contributed by atoms with Crippen molar-refractivity contribution in [2.75, 3.05) is 0 Å². The van der Waals surface area contributed by atoms with Crippen molar-refractivity contribution >= 4 is 44.5 Å². The van der Waals surface area contributed by atoms with E-state index in [1.165, 1.54) is 12.3 Å². The molecule has 10 nitrogen and oxygen atoms in total. The summed E-state index contributed by atoms with van der Waals surface area (Å²) < 4.78 is 6.83. The van der Waals surface area contributed by atoms with E-state index in [0.717, 1.165) is 15.7 Å². The normalized spacial score (nSPS) is 11.1. The second kappa shape index (κ2) is 10.1. The lowest BCUT2D eigenvalue weighted by atomic mass is 10.1. The molecule has 0 radical (unpaired) electrons. The Labute approximate surface area is 203 Å². The lowest BCUT2D eigenvalue weighted by Gasteiger charge is -2.20. The molecule has 34 heavy (non-hydrogen) atoms. The van der Waals surface area contributed by atoms with Crippen LogP contribution in [0.2, 0.25) is 0 Å². The summed E-state index contributed by atoms with van der Waals surface area (Å²) in [6, 6.07) is 8.95. The van der Waals surface area contributed by atoms with E-state index in [1.807, 2.05) is 31.2 Å². The van der Waals surface area contributed by atoms with Gasteiger partial charge in [-0.25, -0.2) is 4.98 Å². The van der Waals surface area contributed by atoms with Crippen LogP contribution in [-0.4, -0.2) is 27.0 Å². The quantitative estimate of drug-likeness (QED) is 0.284. The maximum Gasteiger partial charge on any atom is 0.326 e. The number of rotatable bonds is 6. The van der Waals surface area contributed by atoms with Gasteiger partial charge < -0.3 is 10.1 Å². The van der Waals surface area contributed by atoms with E-state index in [9.17, 15) is 14.4 Å². The van der Waals surface area contributed by atoms with Gasteiger partial charge in [-0.15, -0.1) is 0 Å². The maximum atomic E-state index is 13.3. The number of aryl methyl sites for hydroxylation is 1. The topological polar surface area (TPSA) is 141 Å². The highest BCUT2D eigenvalue weighted by atomic mass is 79.9. The number of pyridine rings is 2. The number of hydrogen-bond acceptors (Lipinski definition) is 7. The van der Waals surface area contributed by atoms with E-state index in [1.54, 1.807) is 20.8 Å². The molecule has 0 saturated heterocycles. The number of halogens is 1. The molecule has 1 amide bonds. The van der Waals surface area contributed by atoms with Crippen LogP contribution in [0.4, 0.5) is 5.69 Å². The highest BCUT2D eigenvalue weighted by molar-refractivity contribution is 9.10. The van der Waals surface area contributed by atoms with Gasteiger partial charge in [0.25, 0.3) is 11.5 Å². The molecule has 0 spiro atoms. The molecule has 0 unspecified atom stereocenters. The van der Waals surface area contributed by atoms with Crippen LogP contribution in [0.3, 0.4) is 0 Å². The minimum atomic E-state index is -0.763. The summed E-state index contributed by atoms with van der Waals surface area (Å²) in [5.41, 5.74) is 7.71. The van der Waals surface area contributed by atoms with Crippen LogP contribution in [0, 0.1) is 12.5 Å². The Balaban J connectivity index is 2.10. The van der Waals surface area contributed by atoms with E-state index < -0.39 is 29.6 Å². The van der Waals surface area contributed by atoms with Crippen LogP contribution >= 0.6 is 15.9 Å². The summed E-state index contributed by atoms with van der Waals surface area (Å²) in [5.74, 6) is -1.29. The molecule has 2 aromatic heterocycles. The van der Waals surface area contributed by atoms with Crippen molar-refractivity contribution < 1.29 is 14.3 Å². The molecule has 1 aromatic carbocycles. The second-order valence-corrected chi connectivity index (χ2v) is 9.45. The first-order valence-corrected chi connectivity index (χ1v) is 11.1. The zero-order chi connectivity index (χ0) is 25.0.